The van der Waals surface area contributed by atoms with Crippen LogP contribution in [-0.2, 0) is 6.42 Å². The molecule has 1 N–H and O–H groups in total. The molecule has 0 saturated heterocycles. The smallest absolute Gasteiger partial charge is 0.251 e. The van der Waals surface area contributed by atoms with Crippen molar-refractivity contribution in [2.24, 2.45) is 4.99 Å². The second-order valence-corrected chi connectivity index (χ2v) is 9.17. The minimum Gasteiger partial charge on any atom is -0.352 e. The summed E-state index contributed by atoms with van der Waals surface area (Å²) >= 11 is 1.73. The van der Waals surface area contributed by atoms with Crippen molar-refractivity contribution in [1.29, 1.82) is 0 Å². The van der Waals surface area contributed by atoms with Gasteiger partial charge in [0.1, 0.15) is 0 Å². The molecule has 0 unspecified atom stereocenters. The fraction of sp³-hybridized carbons (Fsp3) is 0.259. The maximum atomic E-state index is 12.8. The van der Waals surface area contributed by atoms with Crippen LogP contribution in [0.3, 0.4) is 0 Å². The zero-order valence-electron chi connectivity index (χ0n) is 18.4. The van der Waals surface area contributed by atoms with E-state index in [2.05, 4.69) is 68.6 Å². The van der Waals surface area contributed by atoms with Crippen LogP contribution in [0.4, 0.5) is 5.69 Å². The molecule has 0 fully saturated rings. The molecule has 0 spiro atoms. The van der Waals surface area contributed by atoms with Gasteiger partial charge in [-0.25, -0.2) is 0 Å². The van der Waals surface area contributed by atoms with E-state index in [0.29, 0.717) is 12.1 Å². The molecule has 31 heavy (non-hydrogen) atoms. The summed E-state index contributed by atoms with van der Waals surface area (Å²) < 4.78 is 0. The molecule has 1 amide bonds. The van der Waals surface area contributed by atoms with Crippen LogP contribution in [0.15, 0.2) is 75.4 Å². The van der Waals surface area contributed by atoms with Crippen molar-refractivity contribution >= 4 is 29.1 Å². The van der Waals surface area contributed by atoms with E-state index in [1.807, 2.05) is 18.2 Å². The van der Waals surface area contributed by atoms with Gasteiger partial charge in [-0.2, -0.15) is 0 Å². The van der Waals surface area contributed by atoms with E-state index in [1.54, 1.807) is 11.8 Å². The van der Waals surface area contributed by atoms with Crippen molar-refractivity contribution < 1.29 is 4.79 Å². The summed E-state index contributed by atoms with van der Waals surface area (Å²) in [4.78, 5) is 20.1. The predicted octanol–water partition coefficient (Wildman–Crippen LogP) is 6.66. The first-order valence-corrected chi connectivity index (χ1v) is 11.7. The Balaban J connectivity index is 1.53. The molecule has 4 heteroatoms. The van der Waals surface area contributed by atoms with Gasteiger partial charge < -0.3 is 5.32 Å². The summed E-state index contributed by atoms with van der Waals surface area (Å²) in [6.45, 7) is 6.99. The van der Waals surface area contributed by atoms with Crippen molar-refractivity contribution in [3.05, 3.63) is 88.5 Å². The highest BCUT2D eigenvalue weighted by Crippen LogP contribution is 2.41. The molecule has 3 aromatic rings. The molecule has 0 saturated carbocycles. The zero-order valence-corrected chi connectivity index (χ0v) is 19.2. The molecule has 0 aliphatic carbocycles. The lowest BCUT2D eigenvalue weighted by Crippen LogP contribution is -2.25. The van der Waals surface area contributed by atoms with Crippen molar-refractivity contribution in [3.63, 3.8) is 0 Å². The fourth-order valence-corrected chi connectivity index (χ4v) is 4.72. The Morgan fingerprint density at radius 1 is 0.903 bits per heavy atom. The number of carbonyl (C=O) groups excluding carboxylic acids is 1. The van der Waals surface area contributed by atoms with Gasteiger partial charge in [0, 0.05) is 33.2 Å². The maximum Gasteiger partial charge on any atom is 0.251 e. The molecular weight excluding hydrogens is 400 g/mol. The summed E-state index contributed by atoms with van der Waals surface area (Å²) in [5, 5.41) is 3.05. The molecule has 0 bridgehead atoms. The fourth-order valence-electron chi connectivity index (χ4n) is 3.72. The summed E-state index contributed by atoms with van der Waals surface area (Å²) in [6.07, 6.45) is 2.77. The molecule has 4 rings (SSSR count). The quantitative estimate of drug-likeness (QED) is 0.477. The van der Waals surface area contributed by atoms with Crippen LogP contribution in [0.5, 0.6) is 0 Å². The van der Waals surface area contributed by atoms with Crippen LogP contribution in [-0.4, -0.2) is 18.2 Å². The summed E-state index contributed by atoms with van der Waals surface area (Å²) in [5.74, 6) is -0.0511. The van der Waals surface area contributed by atoms with Gasteiger partial charge in [0.05, 0.1) is 5.69 Å². The first-order chi connectivity index (χ1) is 15.0. The number of rotatable bonds is 6. The van der Waals surface area contributed by atoms with Gasteiger partial charge in [-0.15, -0.1) is 0 Å². The highest BCUT2D eigenvalue weighted by Gasteiger charge is 2.18. The number of carbonyl (C=O) groups is 1. The highest BCUT2D eigenvalue weighted by atomic mass is 32.2. The van der Waals surface area contributed by atoms with Gasteiger partial charge in [0.15, 0.2) is 0 Å². The summed E-state index contributed by atoms with van der Waals surface area (Å²) in [7, 11) is 0. The number of nitrogens with zero attached hydrogens (tertiary/aromatic N) is 1. The van der Waals surface area contributed by atoms with Crippen LogP contribution in [0, 0.1) is 13.8 Å². The predicted molar refractivity (Wildman–Crippen MR) is 130 cm³/mol. The Labute approximate surface area is 189 Å². The van der Waals surface area contributed by atoms with E-state index in [9.17, 15) is 4.79 Å². The number of aryl methyl sites for hydroxylation is 2. The van der Waals surface area contributed by atoms with E-state index >= 15 is 0 Å². The van der Waals surface area contributed by atoms with Crippen LogP contribution >= 0.6 is 11.8 Å². The van der Waals surface area contributed by atoms with E-state index in [1.165, 1.54) is 27.1 Å². The van der Waals surface area contributed by atoms with Crippen molar-refractivity contribution in [2.45, 2.75) is 49.8 Å². The first kappa shape index (κ1) is 21.4. The van der Waals surface area contributed by atoms with Gasteiger partial charge in [0.2, 0.25) is 0 Å². The third-order valence-corrected chi connectivity index (χ3v) is 6.59. The molecular formula is C27H28N2OS. The summed E-state index contributed by atoms with van der Waals surface area (Å²) in [6, 6.07) is 20.9. The SMILES string of the molecule is CCCC1=Nc2cc(C(=O)NCCc3ccc(C)cc3)ccc2Sc2ccc(C)cc21. The van der Waals surface area contributed by atoms with Gasteiger partial charge in [-0.3, -0.25) is 9.79 Å². The third kappa shape index (κ3) is 5.08. The minimum absolute atomic E-state index is 0.0511. The van der Waals surface area contributed by atoms with E-state index in [4.69, 9.17) is 4.99 Å². The molecule has 0 atom stereocenters. The van der Waals surface area contributed by atoms with Gasteiger partial charge >= 0.3 is 0 Å². The number of amides is 1. The Morgan fingerprint density at radius 3 is 2.42 bits per heavy atom. The Morgan fingerprint density at radius 2 is 1.65 bits per heavy atom. The monoisotopic (exact) mass is 428 g/mol. The molecule has 1 aliphatic heterocycles. The summed E-state index contributed by atoms with van der Waals surface area (Å²) in [5.41, 5.74) is 7.57. The standard InChI is InChI=1S/C27H28N2OS/c1-4-5-23-22-16-19(3)8-12-25(22)31-26-13-11-21(17-24(26)29-23)27(30)28-15-14-20-9-6-18(2)7-10-20/h6-13,16-17H,4-5,14-15H2,1-3H3,(H,28,30). The number of nitrogens with one attached hydrogen (secondary N) is 1. The molecule has 3 nitrogen and oxygen atoms in total. The molecule has 1 heterocycles. The van der Waals surface area contributed by atoms with Crippen LogP contribution in [0.1, 0.15) is 52.4 Å². The van der Waals surface area contributed by atoms with E-state index in [-0.39, 0.29) is 5.91 Å². The molecule has 0 aromatic heterocycles. The first-order valence-electron chi connectivity index (χ1n) is 10.9. The average Bonchev–Trinajstić information content (AvgIpc) is 2.91. The third-order valence-electron chi connectivity index (χ3n) is 5.45. The number of aliphatic imine (C=N–C) groups is 1. The lowest BCUT2D eigenvalue weighted by Gasteiger charge is -2.09. The lowest BCUT2D eigenvalue weighted by atomic mass is 10.0. The van der Waals surface area contributed by atoms with Crippen LogP contribution in [0.2, 0.25) is 0 Å². The Bertz CT molecular complexity index is 1130. The topological polar surface area (TPSA) is 41.5 Å². The largest absolute Gasteiger partial charge is 0.352 e. The van der Waals surface area contributed by atoms with E-state index in [0.717, 1.165) is 35.6 Å². The Hall–Kier alpha value is -2.85. The van der Waals surface area contributed by atoms with Crippen molar-refractivity contribution in [2.75, 3.05) is 6.54 Å². The number of fused-ring (bicyclic) bond motifs is 2. The van der Waals surface area contributed by atoms with Gasteiger partial charge in [-0.05, 0) is 62.6 Å². The zero-order chi connectivity index (χ0) is 21.8. The average molecular weight is 429 g/mol. The second kappa shape index (κ2) is 9.52. The number of hydrogen-bond donors (Lipinski definition) is 1. The Kier molecular flexibility index (Phi) is 6.57. The van der Waals surface area contributed by atoms with Gasteiger partial charge in [0.25, 0.3) is 5.91 Å². The van der Waals surface area contributed by atoms with Crippen molar-refractivity contribution in [1.82, 2.24) is 5.32 Å². The molecule has 158 valence electrons. The van der Waals surface area contributed by atoms with Gasteiger partial charge in [-0.1, -0.05) is 66.6 Å². The number of benzene rings is 3. The minimum atomic E-state index is -0.0511. The van der Waals surface area contributed by atoms with Crippen molar-refractivity contribution in [3.8, 4) is 0 Å². The molecule has 1 aliphatic rings. The normalized spacial score (nSPS) is 12.4. The number of hydrogen-bond acceptors (Lipinski definition) is 3. The van der Waals surface area contributed by atoms with Crippen LogP contribution < -0.4 is 5.32 Å². The highest BCUT2D eigenvalue weighted by molar-refractivity contribution is 7.99. The molecule has 0 radical (unpaired) electrons. The van der Waals surface area contributed by atoms with E-state index < -0.39 is 0 Å². The second-order valence-electron chi connectivity index (χ2n) is 8.08. The van der Waals surface area contributed by atoms with Crippen LogP contribution in [0.25, 0.3) is 0 Å². The molecule has 3 aromatic carbocycles. The lowest BCUT2D eigenvalue weighted by molar-refractivity contribution is 0.0954. The maximum absolute atomic E-state index is 12.8.